The zero-order chi connectivity index (χ0) is 42.8. The number of aliphatic hydroxyl groups excluding tert-OH is 5. The zero-order valence-electron chi connectivity index (χ0n) is 34.2. The van der Waals surface area contributed by atoms with Crippen molar-refractivity contribution in [1.29, 1.82) is 0 Å². The summed E-state index contributed by atoms with van der Waals surface area (Å²) in [6.07, 6.45) is 8.47. The molecule has 2 aromatic carbocycles. The van der Waals surface area contributed by atoms with E-state index in [0.29, 0.717) is 25.0 Å². The average molecular weight is 881 g/mol. The molecule has 2 saturated carbocycles. The molecule has 5 aliphatic carbocycles. The fraction of sp³-hybridized carbons (Fsp3) is 0.500. The van der Waals surface area contributed by atoms with Gasteiger partial charge in [-0.3, -0.25) is 9.59 Å². The van der Waals surface area contributed by atoms with Gasteiger partial charge in [0.2, 0.25) is 6.29 Å². The number of carbonyl (C=O) groups is 2. The van der Waals surface area contributed by atoms with Crippen molar-refractivity contribution in [3.05, 3.63) is 123 Å². The molecule has 2 aromatic rings. The zero-order valence-corrected chi connectivity index (χ0v) is 35.9. The first-order valence-corrected chi connectivity index (χ1v) is 24.3. The Morgan fingerprint density at radius 2 is 1.76 bits per heavy atom. The fourth-order valence-electron chi connectivity index (χ4n) is 13.0. The van der Waals surface area contributed by atoms with Crippen molar-refractivity contribution < 1.29 is 49.7 Å². The normalized spacial score (nSPS) is 37.8. The Morgan fingerprint density at radius 3 is 2.56 bits per heavy atom. The second kappa shape index (κ2) is 14.8. The summed E-state index contributed by atoms with van der Waals surface area (Å²) in [5.74, 6) is -1.37. The van der Waals surface area contributed by atoms with Crippen molar-refractivity contribution in [2.24, 2.45) is 28.1 Å². The molecule has 1 saturated heterocycles. The van der Waals surface area contributed by atoms with Gasteiger partial charge in [0, 0.05) is 35.3 Å². The summed E-state index contributed by atoms with van der Waals surface area (Å²) in [6, 6.07) is 12.1. The first-order valence-electron chi connectivity index (χ1n) is 21.9. The lowest BCUT2D eigenvalue weighted by atomic mass is 9.54. The maximum atomic E-state index is 15.4. The van der Waals surface area contributed by atoms with Crippen molar-refractivity contribution in [1.82, 2.24) is 10.6 Å². The van der Waals surface area contributed by atoms with Crippen LogP contribution in [0.5, 0.6) is 5.75 Å². The summed E-state index contributed by atoms with van der Waals surface area (Å²) in [7, 11) is 3.01. The van der Waals surface area contributed by atoms with Crippen LogP contribution in [-0.2, 0) is 17.8 Å². The Morgan fingerprint density at radius 1 is 0.952 bits per heavy atom. The number of carbonyl (C=O) groups excluding carboxylic acids is 2. The minimum absolute atomic E-state index is 0.00327. The van der Waals surface area contributed by atoms with Crippen LogP contribution < -0.4 is 15.4 Å². The SMILES string of the molecule is O=C1c2cccc3c2C(=O)C2(CSSC4CC5=CC6C7(CCCC7)CCC6(CC6(O)C(O)C(CO)OC(O3)C6O)C3=CCNC(=C53)N4)C(O)=CC(Cc3cccc(CO)c3)=CC12. The number of ether oxygens (including phenoxy) is 2. The highest BCUT2D eigenvalue weighted by Gasteiger charge is 2.67. The van der Waals surface area contributed by atoms with Crippen LogP contribution in [-0.4, -0.2) is 96.7 Å². The molecule has 6 heterocycles. The van der Waals surface area contributed by atoms with Crippen LogP contribution in [0.2, 0.25) is 0 Å². The van der Waals surface area contributed by atoms with Gasteiger partial charge in [0.05, 0.1) is 30.1 Å². The van der Waals surface area contributed by atoms with E-state index in [1.54, 1.807) is 35.1 Å². The molecule has 0 aromatic heterocycles. The number of dihydropyridines is 1. The molecule has 326 valence electrons. The molecule has 8 N–H and O–H groups in total. The van der Waals surface area contributed by atoms with E-state index < -0.39 is 59.3 Å². The van der Waals surface area contributed by atoms with Gasteiger partial charge in [-0.05, 0) is 89.8 Å². The quantitative estimate of drug-likeness (QED) is 0.189. The summed E-state index contributed by atoms with van der Waals surface area (Å²) in [6.45, 7) is -0.278. The average Bonchev–Trinajstić information content (AvgIpc) is 3.88. The highest BCUT2D eigenvalue weighted by atomic mass is 33.1. The number of hydrogen-bond donors (Lipinski definition) is 8. The van der Waals surface area contributed by atoms with E-state index >= 15 is 4.79 Å². The second-order valence-electron chi connectivity index (χ2n) is 19.0. The van der Waals surface area contributed by atoms with E-state index in [4.69, 9.17) is 9.47 Å². The van der Waals surface area contributed by atoms with Crippen molar-refractivity contribution >= 4 is 33.2 Å². The monoisotopic (exact) mass is 880 g/mol. The molecule has 12 nitrogen and oxygen atoms in total. The van der Waals surface area contributed by atoms with Gasteiger partial charge in [0.1, 0.15) is 46.7 Å². The molecule has 3 spiro atoms. The topological polar surface area (TPSA) is 198 Å². The molecule has 62 heavy (non-hydrogen) atoms. The molecule has 6 aliphatic heterocycles. The number of Topliss-reactive ketones (excluding diaryl/α,β-unsaturated/α-hetero) is 2. The predicted octanol–water partition coefficient (Wildman–Crippen LogP) is 5.08. The van der Waals surface area contributed by atoms with Gasteiger partial charge in [-0.2, -0.15) is 0 Å². The smallest absolute Gasteiger partial charge is 0.229 e. The van der Waals surface area contributed by atoms with Crippen LogP contribution >= 0.6 is 21.6 Å². The van der Waals surface area contributed by atoms with E-state index in [9.17, 15) is 35.4 Å². The third kappa shape index (κ3) is 5.83. The van der Waals surface area contributed by atoms with Crippen molar-refractivity contribution in [2.45, 2.75) is 100.0 Å². The van der Waals surface area contributed by atoms with Crippen molar-refractivity contribution in [2.75, 3.05) is 18.9 Å². The molecule has 3 fully saturated rings. The summed E-state index contributed by atoms with van der Waals surface area (Å²) in [5, 5.41) is 77.4. The maximum Gasteiger partial charge on any atom is 0.229 e. The molecule has 0 amide bonds. The van der Waals surface area contributed by atoms with E-state index in [0.717, 1.165) is 66.6 Å². The predicted molar refractivity (Wildman–Crippen MR) is 233 cm³/mol. The molecule has 13 rings (SSSR count). The minimum Gasteiger partial charge on any atom is -0.511 e. The maximum absolute atomic E-state index is 15.4. The first kappa shape index (κ1) is 40.9. The third-order valence-electron chi connectivity index (χ3n) is 15.9. The first-order chi connectivity index (χ1) is 29.9. The van der Waals surface area contributed by atoms with Crippen LogP contribution in [0.25, 0.3) is 0 Å². The number of ketones is 2. The lowest BCUT2D eigenvalue weighted by Crippen LogP contribution is -2.69. The summed E-state index contributed by atoms with van der Waals surface area (Å²) in [4.78, 5) is 30.3. The summed E-state index contributed by atoms with van der Waals surface area (Å²) < 4.78 is 12.6. The molecule has 10 bridgehead atoms. The van der Waals surface area contributed by atoms with Gasteiger partial charge in [0.15, 0.2) is 11.6 Å². The second-order valence-corrected chi connectivity index (χ2v) is 21.6. The number of hydrogen-bond acceptors (Lipinski definition) is 14. The Bertz CT molecular complexity index is 2420. The van der Waals surface area contributed by atoms with E-state index in [1.807, 2.05) is 24.3 Å². The molecule has 10 atom stereocenters. The molecular weight excluding hydrogens is 829 g/mol. The molecular formula is C48H52N2O10S2. The minimum atomic E-state index is -2.23. The van der Waals surface area contributed by atoms with Crippen LogP contribution in [0.3, 0.4) is 0 Å². The van der Waals surface area contributed by atoms with Gasteiger partial charge in [-0.15, -0.1) is 0 Å². The van der Waals surface area contributed by atoms with Crippen LogP contribution in [0.1, 0.15) is 83.2 Å². The number of benzene rings is 2. The Balaban J connectivity index is 1.06. The van der Waals surface area contributed by atoms with Crippen LogP contribution in [0.4, 0.5) is 0 Å². The van der Waals surface area contributed by atoms with E-state index in [2.05, 4.69) is 22.8 Å². The van der Waals surface area contributed by atoms with Gasteiger partial charge in [-0.1, -0.05) is 89.1 Å². The fourth-order valence-corrected chi connectivity index (χ4v) is 15.9. The third-order valence-corrected chi connectivity index (χ3v) is 18.6. The van der Waals surface area contributed by atoms with Crippen LogP contribution in [0, 0.1) is 28.1 Å². The lowest BCUT2D eigenvalue weighted by molar-refractivity contribution is -0.320. The van der Waals surface area contributed by atoms with Gasteiger partial charge in [-0.25, -0.2) is 0 Å². The molecule has 14 heteroatoms. The number of nitrogens with one attached hydrogen (secondary N) is 2. The molecule has 11 aliphatic rings. The van der Waals surface area contributed by atoms with Gasteiger partial charge < -0.3 is 50.7 Å². The van der Waals surface area contributed by atoms with E-state index in [1.165, 1.54) is 22.4 Å². The van der Waals surface area contributed by atoms with Crippen LogP contribution in [0.15, 0.2) is 101 Å². The van der Waals surface area contributed by atoms with Gasteiger partial charge in [0.25, 0.3) is 0 Å². The van der Waals surface area contributed by atoms with Gasteiger partial charge >= 0.3 is 0 Å². The van der Waals surface area contributed by atoms with Crippen molar-refractivity contribution in [3.8, 4) is 5.75 Å². The number of allylic oxidation sites excluding steroid dienone is 7. The highest BCUT2D eigenvalue weighted by molar-refractivity contribution is 8.76. The Hall–Kier alpha value is -3.86. The highest BCUT2D eigenvalue weighted by Crippen LogP contribution is 2.71. The summed E-state index contributed by atoms with van der Waals surface area (Å²) >= 11 is 0. The molecule has 10 unspecified atom stereocenters. The standard InChI is InChI=1S/C48H52N2O10S2/c51-21-26-6-3-5-25(15-26)16-27-17-31-39(54)29-7-4-8-32-38(29)41(56)47(31,35(53)18-27)24-61-62-36-20-28-19-34-45(10-1-2-11-45)12-13-46(34,30-9-14-49-43(50-36)37(28)30)23-48(58)40(55)33(22-52)60-44(59-32)42(48)57/h3-9,15,17-19,31,33-34,36,40,42,44,49-53,55,57-58H,1-2,10-14,16,20-24H2. The van der Waals surface area contributed by atoms with E-state index in [-0.39, 0.29) is 63.9 Å². The summed E-state index contributed by atoms with van der Waals surface area (Å²) in [5.41, 5.74) is 1.01. The Labute approximate surface area is 367 Å². The number of rotatable bonds is 4. The largest absolute Gasteiger partial charge is 0.511 e. The lowest BCUT2D eigenvalue weighted by Gasteiger charge is -2.55. The molecule has 0 radical (unpaired) electrons. The van der Waals surface area contributed by atoms with Crippen molar-refractivity contribution in [3.63, 3.8) is 0 Å². The number of aliphatic hydroxyl groups is 6. The Kier molecular flexibility index (Phi) is 9.79.